The van der Waals surface area contributed by atoms with Crippen LogP contribution in [0.3, 0.4) is 0 Å². The molecule has 94 valence electrons. The maximum Gasteiger partial charge on any atom is 0.222 e. The zero-order valence-corrected chi connectivity index (χ0v) is 9.88. The first kappa shape index (κ1) is 12.1. The predicted molar refractivity (Wildman–Crippen MR) is 63.2 cm³/mol. The van der Waals surface area contributed by atoms with Gasteiger partial charge in [-0.3, -0.25) is 9.48 Å². The van der Waals surface area contributed by atoms with Crippen LogP contribution in [0.25, 0.3) is 0 Å². The summed E-state index contributed by atoms with van der Waals surface area (Å²) in [6.07, 6.45) is 7.38. The fourth-order valence-electron chi connectivity index (χ4n) is 2.21. The van der Waals surface area contributed by atoms with E-state index in [1.807, 2.05) is 12.3 Å². The molecule has 0 spiro atoms. The van der Waals surface area contributed by atoms with Gasteiger partial charge in [0.15, 0.2) is 0 Å². The van der Waals surface area contributed by atoms with Gasteiger partial charge in [-0.25, -0.2) is 0 Å². The fraction of sp³-hybridized carbons (Fsp3) is 0.667. The minimum atomic E-state index is -0.377. The summed E-state index contributed by atoms with van der Waals surface area (Å²) in [7, 11) is 0. The summed E-state index contributed by atoms with van der Waals surface area (Å²) in [6, 6.07) is 1.77. The van der Waals surface area contributed by atoms with E-state index in [1.165, 1.54) is 0 Å². The van der Waals surface area contributed by atoms with Crippen molar-refractivity contribution in [2.45, 2.75) is 50.8 Å². The van der Waals surface area contributed by atoms with Gasteiger partial charge >= 0.3 is 0 Å². The summed E-state index contributed by atoms with van der Waals surface area (Å²) in [5.74, 6) is -0.00792. The van der Waals surface area contributed by atoms with Gasteiger partial charge < -0.3 is 10.4 Å². The number of carbonyl (C=O) groups is 1. The van der Waals surface area contributed by atoms with E-state index >= 15 is 0 Å². The van der Waals surface area contributed by atoms with Crippen LogP contribution < -0.4 is 5.32 Å². The second kappa shape index (κ2) is 5.82. The molecule has 1 aliphatic rings. The Balaban J connectivity index is 1.73. The van der Waals surface area contributed by atoms with Crippen molar-refractivity contribution in [1.29, 1.82) is 0 Å². The Hall–Kier alpha value is -1.36. The first-order valence-electron chi connectivity index (χ1n) is 6.20. The topological polar surface area (TPSA) is 67.2 Å². The fourth-order valence-corrected chi connectivity index (χ4v) is 2.21. The van der Waals surface area contributed by atoms with E-state index in [0.717, 1.165) is 25.7 Å². The maximum absolute atomic E-state index is 11.7. The third-order valence-electron chi connectivity index (χ3n) is 3.20. The van der Waals surface area contributed by atoms with Crippen molar-refractivity contribution < 1.29 is 9.90 Å². The second-order valence-electron chi connectivity index (χ2n) is 4.54. The molecule has 5 nitrogen and oxygen atoms in total. The molecule has 5 heteroatoms. The number of aliphatic hydroxyl groups is 1. The van der Waals surface area contributed by atoms with Gasteiger partial charge in [0.1, 0.15) is 0 Å². The molecule has 1 aromatic heterocycles. The zero-order chi connectivity index (χ0) is 12.1. The van der Waals surface area contributed by atoms with Crippen LogP contribution in [0.5, 0.6) is 0 Å². The molecule has 1 fully saturated rings. The van der Waals surface area contributed by atoms with Crippen molar-refractivity contribution in [2.24, 2.45) is 0 Å². The summed E-state index contributed by atoms with van der Waals surface area (Å²) < 4.78 is 1.73. The molecule has 1 amide bonds. The highest BCUT2D eigenvalue weighted by Gasteiger charge is 2.24. The molecule has 1 aliphatic carbocycles. The Bertz CT molecular complexity index is 351. The van der Waals surface area contributed by atoms with Crippen molar-refractivity contribution in [3.05, 3.63) is 18.5 Å². The van der Waals surface area contributed by atoms with Crippen molar-refractivity contribution in [2.75, 3.05) is 0 Å². The molecule has 1 saturated carbocycles. The van der Waals surface area contributed by atoms with Crippen LogP contribution in [-0.4, -0.2) is 32.9 Å². The molecule has 0 aliphatic heterocycles. The van der Waals surface area contributed by atoms with E-state index < -0.39 is 0 Å². The highest BCUT2D eigenvalue weighted by Crippen LogP contribution is 2.18. The van der Waals surface area contributed by atoms with E-state index in [4.69, 9.17) is 0 Å². The van der Waals surface area contributed by atoms with Gasteiger partial charge in [-0.15, -0.1) is 0 Å². The van der Waals surface area contributed by atoms with Gasteiger partial charge in [0.25, 0.3) is 0 Å². The van der Waals surface area contributed by atoms with E-state index in [9.17, 15) is 9.90 Å². The Kier molecular flexibility index (Phi) is 4.14. The zero-order valence-electron chi connectivity index (χ0n) is 9.88. The normalized spacial score (nSPS) is 24.5. The first-order valence-corrected chi connectivity index (χ1v) is 6.20. The van der Waals surface area contributed by atoms with Crippen LogP contribution in [-0.2, 0) is 11.3 Å². The SMILES string of the molecule is O=C(CCn1cccn1)NC1CCCCC1O. The van der Waals surface area contributed by atoms with Gasteiger partial charge in [-0.05, 0) is 18.9 Å². The molecule has 2 atom stereocenters. The van der Waals surface area contributed by atoms with E-state index in [-0.39, 0.29) is 18.1 Å². The van der Waals surface area contributed by atoms with Gasteiger partial charge in [-0.2, -0.15) is 5.10 Å². The van der Waals surface area contributed by atoms with Gasteiger partial charge in [0.05, 0.1) is 12.1 Å². The van der Waals surface area contributed by atoms with Crippen LogP contribution in [0.1, 0.15) is 32.1 Å². The quantitative estimate of drug-likeness (QED) is 0.809. The van der Waals surface area contributed by atoms with Crippen molar-refractivity contribution in [1.82, 2.24) is 15.1 Å². The molecule has 2 unspecified atom stereocenters. The number of aryl methyl sites for hydroxylation is 1. The van der Waals surface area contributed by atoms with E-state index in [0.29, 0.717) is 13.0 Å². The lowest BCUT2D eigenvalue weighted by Gasteiger charge is -2.28. The van der Waals surface area contributed by atoms with Gasteiger partial charge in [0, 0.05) is 25.4 Å². The highest BCUT2D eigenvalue weighted by atomic mass is 16.3. The van der Waals surface area contributed by atoms with Gasteiger partial charge in [0.2, 0.25) is 5.91 Å². The Morgan fingerprint density at radius 3 is 3.00 bits per heavy atom. The van der Waals surface area contributed by atoms with Crippen LogP contribution in [0.4, 0.5) is 0 Å². The molecule has 1 heterocycles. The Labute approximate surface area is 101 Å². The number of amides is 1. The largest absolute Gasteiger partial charge is 0.391 e. The van der Waals surface area contributed by atoms with Crippen LogP contribution in [0.15, 0.2) is 18.5 Å². The lowest BCUT2D eigenvalue weighted by Crippen LogP contribution is -2.45. The number of aliphatic hydroxyl groups excluding tert-OH is 1. The molecule has 0 radical (unpaired) electrons. The minimum absolute atomic E-state index is 0.00792. The van der Waals surface area contributed by atoms with Crippen molar-refractivity contribution in [3.8, 4) is 0 Å². The third kappa shape index (κ3) is 3.56. The second-order valence-corrected chi connectivity index (χ2v) is 4.54. The summed E-state index contributed by atoms with van der Waals surface area (Å²) in [4.78, 5) is 11.7. The summed E-state index contributed by atoms with van der Waals surface area (Å²) in [6.45, 7) is 0.585. The van der Waals surface area contributed by atoms with Crippen LogP contribution in [0.2, 0.25) is 0 Å². The molecule has 2 rings (SSSR count). The third-order valence-corrected chi connectivity index (χ3v) is 3.20. The molecular weight excluding hydrogens is 218 g/mol. The number of carbonyl (C=O) groups excluding carboxylic acids is 1. The van der Waals surface area contributed by atoms with E-state index in [2.05, 4.69) is 10.4 Å². The highest BCUT2D eigenvalue weighted by molar-refractivity contribution is 5.76. The molecular formula is C12H19N3O2. The van der Waals surface area contributed by atoms with Crippen LogP contribution >= 0.6 is 0 Å². The number of hydrogen-bond acceptors (Lipinski definition) is 3. The number of aromatic nitrogens is 2. The standard InChI is InChI=1S/C12H19N3O2/c16-11-5-2-1-4-10(11)14-12(17)6-9-15-8-3-7-13-15/h3,7-8,10-11,16H,1-2,4-6,9H2,(H,14,17). The molecule has 2 N–H and O–H groups in total. The van der Waals surface area contributed by atoms with E-state index in [1.54, 1.807) is 10.9 Å². The Morgan fingerprint density at radius 2 is 2.29 bits per heavy atom. The molecule has 1 aromatic rings. The number of nitrogens with one attached hydrogen (secondary N) is 1. The number of rotatable bonds is 4. The minimum Gasteiger partial charge on any atom is -0.391 e. The smallest absolute Gasteiger partial charge is 0.222 e. The molecule has 0 bridgehead atoms. The molecule has 17 heavy (non-hydrogen) atoms. The van der Waals surface area contributed by atoms with Crippen molar-refractivity contribution >= 4 is 5.91 Å². The van der Waals surface area contributed by atoms with Crippen molar-refractivity contribution in [3.63, 3.8) is 0 Å². The average molecular weight is 237 g/mol. The lowest BCUT2D eigenvalue weighted by molar-refractivity contribution is -0.123. The maximum atomic E-state index is 11.7. The summed E-state index contributed by atoms with van der Waals surface area (Å²) >= 11 is 0. The number of nitrogens with zero attached hydrogens (tertiary/aromatic N) is 2. The summed E-state index contributed by atoms with van der Waals surface area (Å²) in [5, 5.41) is 16.7. The first-order chi connectivity index (χ1) is 8.25. The monoisotopic (exact) mass is 237 g/mol. The molecule has 0 aromatic carbocycles. The number of hydrogen-bond donors (Lipinski definition) is 2. The average Bonchev–Trinajstić information content (AvgIpc) is 2.82. The van der Waals surface area contributed by atoms with Gasteiger partial charge in [-0.1, -0.05) is 12.8 Å². The Morgan fingerprint density at radius 1 is 1.47 bits per heavy atom. The summed E-state index contributed by atoms with van der Waals surface area (Å²) in [5.41, 5.74) is 0. The predicted octanol–water partition coefficient (Wildman–Crippen LogP) is 0.693. The molecule has 0 saturated heterocycles. The van der Waals surface area contributed by atoms with Crippen LogP contribution in [0, 0.1) is 0 Å². The lowest BCUT2D eigenvalue weighted by atomic mass is 9.92.